The SMILES string of the molecule is O=C(Cc1cccc2ccccc12)Oc1ccc(/C=N/Nc2ccccc2)cc1. The number of para-hydroxylation sites is 1. The van der Waals surface area contributed by atoms with Gasteiger partial charge in [0.25, 0.3) is 0 Å². The van der Waals surface area contributed by atoms with Crippen LogP contribution in [0.25, 0.3) is 10.8 Å². The van der Waals surface area contributed by atoms with Gasteiger partial charge in [0.15, 0.2) is 0 Å². The number of fused-ring (bicyclic) bond motifs is 1. The van der Waals surface area contributed by atoms with Gasteiger partial charge in [-0.15, -0.1) is 0 Å². The van der Waals surface area contributed by atoms with E-state index in [9.17, 15) is 4.79 Å². The molecule has 0 amide bonds. The van der Waals surface area contributed by atoms with E-state index in [1.54, 1.807) is 18.3 Å². The fraction of sp³-hybridized carbons (Fsp3) is 0.0400. The lowest BCUT2D eigenvalue weighted by molar-refractivity contribution is -0.133. The molecule has 0 bridgehead atoms. The zero-order valence-electron chi connectivity index (χ0n) is 15.8. The number of carbonyl (C=O) groups excluding carboxylic acids is 1. The Balaban J connectivity index is 1.36. The van der Waals surface area contributed by atoms with Crippen molar-refractivity contribution in [1.82, 2.24) is 0 Å². The van der Waals surface area contributed by atoms with Crippen LogP contribution in [0.3, 0.4) is 0 Å². The molecule has 0 saturated carbocycles. The summed E-state index contributed by atoms with van der Waals surface area (Å²) in [7, 11) is 0. The third-order valence-corrected chi connectivity index (χ3v) is 4.51. The average molecular weight is 380 g/mol. The van der Waals surface area contributed by atoms with E-state index in [1.807, 2.05) is 84.9 Å². The fourth-order valence-electron chi connectivity index (χ4n) is 3.09. The first-order valence-corrected chi connectivity index (χ1v) is 9.39. The molecule has 0 spiro atoms. The molecule has 4 nitrogen and oxygen atoms in total. The van der Waals surface area contributed by atoms with Crippen LogP contribution in [0.1, 0.15) is 11.1 Å². The van der Waals surface area contributed by atoms with Gasteiger partial charge in [0.1, 0.15) is 5.75 Å². The Kier molecular flexibility index (Phi) is 5.63. The smallest absolute Gasteiger partial charge is 0.315 e. The molecule has 142 valence electrons. The van der Waals surface area contributed by atoms with Crippen LogP contribution in [0.15, 0.2) is 102 Å². The average Bonchev–Trinajstić information content (AvgIpc) is 2.76. The summed E-state index contributed by atoms with van der Waals surface area (Å²) in [6, 6.07) is 31.0. The topological polar surface area (TPSA) is 50.7 Å². The standard InChI is InChI=1S/C25H20N2O2/c28-25(17-21-9-6-8-20-7-4-5-12-24(20)21)29-23-15-13-19(14-16-23)18-26-27-22-10-2-1-3-11-22/h1-16,18,27H,17H2/b26-18+. The van der Waals surface area contributed by atoms with Crippen LogP contribution in [0, 0.1) is 0 Å². The number of hydrazone groups is 1. The summed E-state index contributed by atoms with van der Waals surface area (Å²) >= 11 is 0. The molecule has 0 heterocycles. The second-order valence-corrected chi connectivity index (χ2v) is 6.59. The van der Waals surface area contributed by atoms with E-state index in [4.69, 9.17) is 4.74 Å². The van der Waals surface area contributed by atoms with E-state index in [0.29, 0.717) is 5.75 Å². The van der Waals surface area contributed by atoms with Crippen LogP contribution >= 0.6 is 0 Å². The molecule has 0 atom stereocenters. The monoisotopic (exact) mass is 380 g/mol. The highest BCUT2D eigenvalue weighted by Crippen LogP contribution is 2.20. The minimum absolute atomic E-state index is 0.228. The highest BCUT2D eigenvalue weighted by Gasteiger charge is 2.09. The largest absolute Gasteiger partial charge is 0.426 e. The molecule has 0 radical (unpaired) electrons. The van der Waals surface area contributed by atoms with Crippen molar-refractivity contribution < 1.29 is 9.53 Å². The molecule has 0 unspecified atom stereocenters. The maximum Gasteiger partial charge on any atom is 0.315 e. The van der Waals surface area contributed by atoms with Gasteiger partial charge in [0.05, 0.1) is 18.3 Å². The van der Waals surface area contributed by atoms with E-state index in [-0.39, 0.29) is 12.4 Å². The summed E-state index contributed by atoms with van der Waals surface area (Å²) in [6.45, 7) is 0. The van der Waals surface area contributed by atoms with Crippen LogP contribution in [0.4, 0.5) is 5.69 Å². The van der Waals surface area contributed by atoms with Gasteiger partial charge in [-0.25, -0.2) is 0 Å². The molecule has 0 aliphatic rings. The van der Waals surface area contributed by atoms with E-state index < -0.39 is 0 Å². The van der Waals surface area contributed by atoms with Crippen molar-refractivity contribution in [3.05, 3.63) is 108 Å². The first kappa shape index (κ1) is 18.4. The van der Waals surface area contributed by atoms with Gasteiger partial charge in [-0.3, -0.25) is 10.2 Å². The first-order valence-electron chi connectivity index (χ1n) is 9.39. The van der Waals surface area contributed by atoms with Crippen LogP contribution in [0.2, 0.25) is 0 Å². The lowest BCUT2D eigenvalue weighted by Crippen LogP contribution is -2.11. The minimum Gasteiger partial charge on any atom is -0.426 e. The Morgan fingerprint density at radius 1 is 0.828 bits per heavy atom. The number of carbonyl (C=O) groups is 1. The number of nitrogens with zero attached hydrogens (tertiary/aromatic N) is 1. The predicted octanol–water partition coefficient (Wildman–Crippen LogP) is 5.43. The van der Waals surface area contributed by atoms with Gasteiger partial charge in [-0.1, -0.05) is 60.7 Å². The van der Waals surface area contributed by atoms with Gasteiger partial charge >= 0.3 is 5.97 Å². The lowest BCUT2D eigenvalue weighted by atomic mass is 10.0. The molecule has 29 heavy (non-hydrogen) atoms. The Morgan fingerprint density at radius 2 is 1.55 bits per heavy atom. The van der Waals surface area contributed by atoms with Gasteiger partial charge < -0.3 is 4.74 Å². The third-order valence-electron chi connectivity index (χ3n) is 4.51. The lowest BCUT2D eigenvalue weighted by Gasteiger charge is -2.07. The Labute approximate surface area is 169 Å². The van der Waals surface area contributed by atoms with Crippen molar-refractivity contribution in [1.29, 1.82) is 0 Å². The molecule has 0 aliphatic heterocycles. The van der Waals surface area contributed by atoms with Gasteiger partial charge in [-0.05, 0) is 58.3 Å². The summed E-state index contributed by atoms with van der Waals surface area (Å²) in [4.78, 5) is 12.4. The molecule has 0 aromatic heterocycles. The second-order valence-electron chi connectivity index (χ2n) is 6.59. The number of hydrogen-bond donors (Lipinski definition) is 1. The van der Waals surface area contributed by atoms with Gasteiger partial charge in [-0.2, -0.15) is 5.10 Å². The molecule has 4 heteroatoms. The number of hydrogen-bond acceptors (Lipinski definition) is 4. The molecule has 0 saturated heterocycles. The molecule has 4 rings (SSSR count). The Bertz CT molecular complexity index is 1130. The van der Waals surface area contributed by atoms with Crippen molar-refractivity contribution >= 4 is 28.6 Å². The van der Waals surface area contributed by atoms with Crippen molar-refractivity contribution in [3.8, 4) is 5.75 Å². The maximum absolute atomic E-state index is 12.4. The maximum atomic E-state index is 12.4. The normalized spacial score (nSPS) is 10.9. The zero-order chi connectivity index (χ0) is 19.9. The number of anilines is 1. The predicted molar refractivity (Wildman–Crippen MR) is 117 cm³/mol. The summed E-state index contributed by atoms with van der Waals surface area (Å²) in [5.41, 5.74) is 5.75. The molecule has 0 fully saturated rings. The molecule has 4 aromatic rings. The number of ether oxygens (including phenoxy) is 1. The van der Waals surface area contributed by atoms with Crippen molar-refractivity contribution in [2.24, 2.45) is 5.10 Å². The molecule has 0 aliphatic carbocycles. The van der Waals surface area contributed by atoms with Crippen LogP contribution in [-0.4, -0.2) is 12.2 Å². The van der Waals surface area contributed by atoms with Gasteiger partial charge in [0.2, 0.25) is 0 Å². The van der Waals surface area contributed by atoms with Crippen molar-refractivity contribution in [2.75, 3.05) is 5.43 Å². The van der Waals surface area contributed by atoms with E-state index >= 15 is 0 Å². The Hall–Kier alpha value is -3.92. The zero-order valence-corrected chi connectivity index (χ0v) is 15.8. The number of benzene rings is 4. The highest BCUT2D eigenvalue weighted by molar-refractivity contribution is 5.89. The Morgan fingerprint density at radius 3 is 2.38 bits per heavy atom. The number of esters is 1. The number of rotatable bonds is 6. The fourth-order valence-corrected chi connectivity index (χ4v) is 3.09. The van der Waals surface area contributed by atoms with Crippen LogP contribution in [-0.2, 0) is 11.2 Å². The third kappa shape index (κ3) is 4.87. The first-order chi connectivity index (χ1) is 14.3. The summed E-state index contributed by atoms with van der Waals surface area (Å²) in [6.07, 6.45) is 1.94. The quantitative estimate of drug-likeness (QED) is 0.210. The van der Waals surface area contributed by atoms with Crippen LogP contribution < -0.4 is 10.2 Å². The van der Waals surface area contributed by atoms with Crippen molar-refractivity contribution in [3.63, 3.8) is 0 Å². The minimum atomic E-state index is -0.284. The van der Waals surface area contributed by atoms with E-state index in [2.05, 4.69) is 10.5 Å². The summed E-state index contributed by atoms with van der Waals surface area (Å²) < 4.78 is 5.50. The summed E-state index contributed by atoms with van der Waals surface area (Å²) in [5, 5.41) is 6.39. The molecular formula is C25H20N2O2. The summed E-state index contributed by atoms with van der Waals surface area (Å²) in [5.74, 6) is 0.233. The van der Waals surface area contributed by atoms with E-state index in [0.717, 1.165) is 27.6 Å². The molecule has 4 aromatic carbocycles. The van der Waals surface area contributed by atoms with E-state index in [1.165, 1.54) is 0 Å². The van der Waals surface area contributed by atoms with Gasteiger partial charge in [0, 0.05) is 0 Å². The number of nitrogens with one attached hydrogen (secondary N) is 1. The second kappa shape index (κ2) is 8.85. The molecular weight excluding hydrogens is 360 g/mol. The highest BCUT2D eigenvalue weighted by atomic mass is 16.5. The van der Waals surface area contributed by atoms with Crippen LogP contribution in [0.5, 0.6) is 5.75 Å². The molecule has 1 N–H and O–H groups in total. The van der Waals surface area contributed by atoms with Crippen molar-refractivity contribution in [2.45, 2.75) is 6.42 Å².